The van der Waals surface area contributed by atoms with Gasteiger partial charge in [-0.1, -0.05) is 11.6 Å². The van der Waals surface area contributed by atoms with Crippen molar-refractivity contribution in [1.29, 1.82) is 0 Å². The summed E-state index contributed by atoms with van der Waals surface area (Å²) in [5.41, 5.74) is 0.808. The van der Waals surface area contributed by atoms with Gasteiger partial charge in [0.2, 0.25) is 0 Å². The topological polar surface area (TPSA) is 57.7 Å². The van der Waals surface area contributed by atoms with Crippen molar-refractivity contribution in [2.45, 2.75) is 19.1 Å². The van der Waals surface area contributed by atoms with E-state index in [0.717, 1.165) is 15.2 Å². The zero-order valence-corrected chi connectivity index (χ0v) is 12.9. The highest BCUT2D eigenvalue weighted by molar-refractivity contribution is 7.18. The second kappa shape index (κ2) is 6.27. The highest BCUT2D eigenvalue weighted by Gasteiger charge is 2.27. The number of carbonyl (C=O) groups excluding carboxylic acids is 1. The maximum Gasteiger partial charge on any atom is 0.338 e. The molecule has 1 fully saturated rings. The molecule has 112 valence electrons. The van der Waals surface area contributed by atoms with Gasteiger partial charge in [0.05, 0.1) is 30.0 Å². The minimum atomic E-state index is -0.648. The normalized spacial score (nSPS) is 20.4. The van der Waals surface area contributed by atoms with Crippen LogP contribution >= 0.6 is 22.9 Å². The maximum atomic E-state index is 12.0. The lowest BCUT2D eigenvalue weighted by atomic mass is 10.3. The van der Waals surface area contributed by atoms with Gasteiger partial charge in [0.1, 0.15) is 5.01 Å². The molecule has 5 nitrogen and oxygen atoms in total. The predicted octanol–water partition coefficient (Wildman–Crippen LogP) is 2.97. The smallest absolute Gasteiger partial charge is 0.338 e. The van der Waals surface area contributed by atoms with Gasteiger partial charge < -0.3 is 14.2 Å². The van der Waals surface area contributed by atoms with Crippen molar-refractivity contribution in [3.8, 4) is 0 Å². The predicted molar refractivity (Wildman–Crippen MR) is 79.7 cm³/mol. The third kappa shape index (κ3) is 3.35. The van der Waals surface area contributed by atoms with Crippen LogP contribution in [0.5, 0.6) is 0 Å². The SMILES string of the molecule is C[C@@H](OC(=O)[C@H]1COCCO1)c1nc2cc(Cl)ccc2s1. The van der Waals surface area contributed by atoms with E-state index in [1.54, 1.807) is 13.0 Å². The number of hydrogen-bond acceptors (Lipinski definition) is 6. The second-order valence-electron chi connectivity index (χ2n) is 4.68. The summed E-state index contributed by atoms with van der Waals surface area (Å²) >= 11 is 7.43. The van der Waals surface area contributed by atoms with Gasteiger partial charge in [-0.05, 0) is 25.1 Å². The summed E-state index contributed by atoms with van der Waals surface area (Å²) in [6.07, 6.45) is -1.08. The van der Waals surface area contributed by atoms with E-state index in [2.05, 4.69) is 4.98 Å². The molecule has 2 heterocycles. The average Bonchev–Trinajstić information content (AvgIpc) is 2.91. The number of esters is 1. The molecule has 3 rings (SSSR count). The van der Waals surface area contributed by atoms with E-state index in [1.807, 2.05) is 12.1 Å². The fraction of sp³-hybridized carbons (Fsp3) is 0.429. The van der Waals surface area contributed by atoms with Crippen molar-refractivity contribution in [1.82, 2.24) is 4.98 Å². The van der Waals surface area contributed by atoms with Gasteiger partial charge in [-0.2, -0.15) is 0 Å². The molecule has 0 bridgehead atoms. The number of ether oxygens (including phenoxy) is 3. The van der Waals surface area contributed by atoms with E-state index in [0.29, 0.717) is 18.2 Å². The molecule has 1 aliphatic rings. The van der Waals surface area contributed by atoms with Crippen LogP contribution in [0.4, 0.5) is 0 Å². The standard InChI is InChI=1S/C14H14ClNO4S/c1-8(20-14(17)11-7-18-4-5-19-11)13-16-10-6-9(15)2-3-12(10)21-13/h2-3,6,8,11H,4-5,7H2,1H3/t8-,11-/m1/s1. The van der Waals surface area contributed by atoms with Crippen LogP contribution < -0.4 is 0 Å². The highest BCUT2D eigenvalue weighted by Crippen LogP contribution is 2.30. The molecule has 1 saturated heterocycles. The molecule has 0 saturated carbocycles. The molecule has 0 radical (unpaired) electrons. The fourth-order valence-electron chi connectivity index (χ4n) is 2.02. The van der Waals surface area contributed by atoms with E-state index < -0.39 is 18.2 Å². The number of fused-ring (bicyclic) bond motifs is 1. The van der Waals surface area contributed by atoms with Crippen LogP contribution in [0.1, 0.15) is 18.0 Å². The Labute approximate surface area is 130 Å². The molecular formula is C14H14ClNO4S. The lowest BCUT2D eigenvalue weighted by molar-refractivity contribution is -0.175. The van der Waals surface area contributed by atoms with E-state index in [9.17, 15) is 4.79 Å². The third-order valence-electron chi connectivity index (χ3n) is 3.09. The maximum absolute atomic E-state index is 12.0. The Hall–Kier alpha value is -1.21. The molecule has 1 aliphatic heterocycles. The van der Waals surface area contributed by atoms with Gasteiger partial charge in [-0.3, -0.25) is 0 Å². The zero-order chi connectivity index (χ0) is 14.8. The molecule has 1 aromatic heterocycles. The van der Waals surface area contributed by atoms with Gasteiger partial charge in [-0.25, -0.2) is 9.78 Å². The Bertz CT molecular complexity index is 653. The Balaban J connectivity index is 1.71. The summed E-state index contributed by atoms with van der Waals surface area (Å²) in [5, 5.41) is 1.37. The van der Waals surface area contributed by atoms with Gasteiger partial charge in [0.15, 0.2) is 12.2 Å². The van der Waals surface area contributed by atoms with Gasteiger partial charge in [-0.15, -0.1) is 11.3 Å². The molecule has 1 aromatic carbocycles. The molecule has 2 aromatic rings. The number of carbonyl (C=O) groups is 1. The summed E-state index contributed by atoms with van der Waals surface area (Å²) in [6, 6.07) is 5.52. The molecular weight excluding hydrogens is 314 g/mol. The number of nitrogens with zero attached hydrogens (tertiary/aromatic N) is 1. The lowest BCUT2D eigenvalue weighted by Gasteiger charge is -2.22. The van der Waals surface area contributed by atoms with Gasteiger partial charge in [0, 0.05) is 5.02 Å². The summed E-state index contributed by atoms with van der Waals surface area (Å²) in [7, 11) is 0. The minimum absolute atomic E-state index is 0.237. The van der Waals surface area contributed by atoms with Crippen molar-refractivity contribution in [2.75, 3.05) is 19.8 Å². The van der Waals surface area contributed by atoms with Crippen LogP contribution in [-0.4, -0.2) is 36.9 Å². The highest BCUT2D eigenvalue weighted by atomic mass is 35.5. The summed E-state index contributed by atoms with van der Waals surface area (Å²) < 4.78 is 16.9. The molecule has 0 unspecified atom stereocenters. The Morgan fingerprint density at radius 1 is 1.52 bits per heavy atom. The third-order valence-corrected chi connectivity index (χ3v) is 4.52. The van der Waals surface area contributed by atoms with Crippen molar-refractivity contribution in [3.63, 3.8) is 0 Å². The number of benzene rings is 1. The van der Waals surface area contributed by atoms with E-state index in [4.69, 9.17) is 25.8 Å². The number of rotatable bonds is 3. The van der Waals surface area contributed by atoms with Crippen LogP contribution in [0, 0.1) is 0 Å². The van der Waals surface area contributed by atoms with Crippen LogP contribution in [0.2, 0.25) is 5.02 Å². The zero-order valence-electron chi connectivity index (χ0n) is 11.4. The number of hydrogen-bond donors (Lipinski definition) is 0. The monoisotopic (exact) mass is 327 g/mol. The van der Waals surface area contributed by atoms with E-state index >= 15 is 0 Å². The largest absolute Gasteiger partial charge is 0.453 e. The quantitative estimate of drug-likeness (QED) is 0.811. The van der Waals surface area contributed by atoms with E-state index in [-0.39, 0.29) is 6.61 Å². The second-order valence-corrected chi connectivity index (χ2v) is 6.18. The van der Waals surface area contributed by atoms with Crippen LogP contribution in [-0.2, 0) is 19.0 Å². The number of thiazole rings is 1. The Kier molecular flexibility index (Phi) is 4.40. The van der Waals surface area contributed by atoms with Crippen molar-refractivity contribution in [2.24, 2.45) is 0 Å². The molecule has 0 amide bonds. The lowest BCUT2D eigenvalue weighted by Crippen LogP contribution is -2.37. The first-order chi connectivity index (χ1) is 10.1. The van der Waals surface area contributed by atoms with Crippen LogP contribution in [0.25, 0.3) is 10.2 Å². The molecule has 21 heavy (non-hydrogen) atoms. The summed E-state index contributed by atoms with van der Waals surface area (Å²) in [4.78, 5) is 16.4. The van der Waals surface area contributed by atoms with Crippen molar-refractivity contribution in [3.05, 3.63) is 28.2 Å². The average molecular weight is 328 g/mol. The summed E-state index contributed by atoms with van der Waals surface area (Å²) in [5.74, 6) is -0.417. The molecule has 2 atom stereocenters. The summed E-state index contributed by atoms with van der Waals surface area (Å²) in [6.45, 7) is 2.95. The molecule has 0 N–H and O–H groups in total. The van der Waals surface area contributed by atoms with Gasteiger partial charge >= 0.3 is 5.97 Å². The molecule has 0 spiro atoms. The Morgan fingerprint density at radius 3 is 3.14 bits per heavy atom. The van der Waals surface area contributed by atoms with Crippen LogP contribution in [0.15, 0.2) is 18.2 Å². The number of aromatic nitrogens is 1. The van der Waals surface area contributed by atoms with Crippen molar-refractivity contribution < 1.29 is 19.0 Å². The van der Waals surface area contributed by atoms with Crippen molar-refractivity contribution >= 4 is 39.1 Å². The van der Waals surface area contributed by atoms with Gasteiger partial charge in [0.25, 0.3) is 0 Å². The van der Waals surface area contributed by atoms with Crippen LogP contribution in [0.3, 0.4) is 0 Å². The van der Waals surface area contributed by atoms with E-state index in [1.165, 1.54) is 11.3 Å². The first-order valence-electron chi connectivity index (χ1n) is 6.59. The number of halogens is 1. The molecule has 7 heteroatoms. The fourth-order valence-corrected chi connectivity index (χ4v) is 3.11. The molecule has 0 aliphatic carbocycles. The first kappa shape index (κ1) is 14.7. The Morgan fingerprint density at radius 2 is 2.38 bits per heavy atom. The minimum Gasteiger partial charge on any atom is -0.453 e. The first-order valence-corrected chi connectivity index (χ1v) is 7.79.